The maximum atomic E-state index is 12.7. The smallest absolute Gasteiger partial charge is 0.242 e. The van der Waals surface area contributed by atoms with Gasteiger partial charge in [-0.05, 0) is 25.8 Å². The van der Waals surface area contributed by atoms with Crippen molar-refractivity contribution >= 4 is 36.6 Å². The van der Waals surface area contributed by atoms with Crippen LogP contribution in [0, 0.1) is 5.92 Å². The minimum absolute atomic E-state index is 0. The van der Waals surface area contributed by atoms with Crippen molar-refractivity contribution in [2.45, 2.75) is 57.5 Å². The van der Waals surface area contributed by atoms with Crippen LogP contribution in [-0.2, 0) is 9.59 Å². The number of carbonyl (C=O) groups excluding carboxylic acids is 2. The number of likely N-dealkylation sites (N-methyl/N-ethyl adjacent to an activating group) is 1. The number of halogens is 2. The van der Waals surface area contributed by atoms with Gasteiger partial charge in [-0.15, -0.1) is 24.8 Å². The average Bonchev–Trinajstić information content (AvgIpc) is 2.52. The van der Waals surface area contributed by atoms with E-state index in [9.17, 15) is 9.59 Å². The van der Waals surface area contributed by atoms with Crippen LogP contribution in [0.15, 0.2) is 0 Å². The van der Waals surface area contributed by atoms with Gasteiger partial charge in [0.25, 0.3) is 0 Å². The number of piperazine rings is 1. The molecule has 25 heavy (non-hydrogen) atoms. The van der Waals surface area contributed by atoms with Crippen molar-refractivity contribution in [3.63, 3.8) is 0 Å². The maximum absolute atomic E-state index is 12.7. The lowest BCUT2D eigenvalue weighted by Crippen LogP contribution is -2.65. The highest BCUT2D eigenvalue weighted by Crippen LogP contribution is 2.36. The monoisotopic (exact) mass is 396 g/mol. The summed E-state index contributed by atoms with van der Waals surface area (Å²) in [5.74, 6) is -0.136. The second-order valence-electron chi connectivity index (χ2n) is 7.56. The normalized spacial score (nSPS) is 21.2. The van der Waals surface area contributed by atoms with Gasteiger partial charge in [-0.1, -0.05) is 33.1 Å². The molecule has 2 aliphatic rings. The van der Waals surface area contributed by atoms with Crippen molar-refractivity contribution in [1.82, 2.24) is 15.1 Å². The molecule has 148 valence electrons. The highest BCUT2D eigenvalue weighted by Gasteiger charge is 2.43. The molecule has 1 aliphatic heterocycles. The van der Waals surface area contributed by atoms with Crippen molar-refractivity contribution < 1.29 is 9.59 Å². The van der Waals surface area contributed by atoms with Crippen molar-refractivity contribution in [3.05, 3.63) is 0 Å². The topological polar surface area (TPSA) is 78.7 Å². The first kappa shape index (κ1) is 24.4. The van der Waals surface area contributed by atoms with E-state index in [1.165, 1.54) is 19.3 Å². The van der Waals surface area contributed by atoms with E-state index >= 15 is 0 Å². The first-order chi connectivity index (χ1) is 10.9. The Balaban J connectivity index is 0.00000288. The third-order valence-corrected chi connectivity index (χ3v) is 5.36. The molecule has 0 aromatic carbocycles. The van der Waals surface area contributed by atoms with Gasteiger partial charge in [0.2, 0.25) is 11.8 Å². The van der Waals surface area contributed by atoms with Gasteiger partial charge in [0.15, 0.2) is 0 Å². The van der Waals surface area contributed by atoms with Gasteiger partial charge in [0.1, 0.15) is 0 Å². The van der Waals surface area contributed by atoms with Crippen LogP contribution in [0.1, 0.15) is 46.0 Å². The third kappa shape index (κ3) is 5.98. The van der Waals surface area contributed by atoms with Crippen LogP contribution >= 0.6 is 24.8 Å². The van der Waals surface area contributed by atoms with E-state index in [1.807, 2.05) is 18.7 Å². The number of hydrogen-bond donors (Lipinski definition) is 2. The Labute approximate surface area is 164 Å². The second kappa shape index (κ2) is 10.6. The largest absolute Gasteiger partial charge is 0.346 e. The Morgan fingerprint density at radius 1 is 1.12 bits per heavy atom. The molecule has 3 N–H and O–H groups in total. The van der Waals surface area contributed by atoms with Gasteiger partial charge in [0, 0.05) is 19.6 Å². The fraction of sp³-hybridized carbons (Fsp3) is 0.882. The lowest BCUT2D eigenvalue weighted by atomic mass is 9.78. The zero-order chi connectivity index (χ0) is 17.0. The molecule has 0 aromatic rings. The number of hydrogen-bond acceptors (Lipinski definition) is 4. The summed E-state index contributed by atoms with van der Waals surface area (Å²) in [4.78, 5) is 29.1. The van der Waals surface area contributed by atoms with Gasteiger partial charge in [-0.25, -0.2) is 0 Å². The molecule has 2 fully saturated rings. The molecule has 2 amide bonds. The van der Waals surface area contributed by atoms with Gasteiger partial charge in [0.05, 0.1) is 18.1 Å². The summed E-state index contributed by atoms with van der Waals surface area (Å²) in [5, 5.41) is 2.73. The van der Waals surface area contributed by atoms with Crippen LogP contribution in [0.25, 0.3) is 0 Å². The minimum atomic E-state index is -0.557. The third-order valence-electron chi connectivity index (χ3n) is 5.36. The van der Waals surface area contributed by atoms with E-state index < -0.39 is 6.04 Å². The van der Waals surface area contributed by atoms with E-state index in [-0.39, 0.29) is 54.6 Å². The van der Waals surface area contributed by atoms with Gasteiger partial charge >= 0.3 is 0 Å². The standard InChI is InChI=1S/C17H32N4O2.2ClH/c1-13(2)15(18)16(23)19-11-14(22)21-10-9-20(3)12-17(21)7-5-4-6-8-17;;/h13,15H,4-12,18H2,1-3H3,(H,19,23);2*1H/t15-;;/m0../s1. The number of nitrogens with two attached hydrogens (primary N) is 1. The molecule has 6 nitrogen and oxygen atoms in total. The fourth-order valence-corrected chi connectivity index (χ4v) is 3.88. The van der Waals surface area contributed by atoms with Gasteiger partial charge in [-0.2, -0.15) is 0 Å². The van der Waals surface area contributed by atoms with Crippen LogP contribution in [-0.4, -0.2) is 66.4 Å². The molecule has 1 spiro atoms. The number of amides is 2. The first-order valence-corrected chi connectivity index (χ1v) is 8.88. The average molecular weight is 397 g/mol. The van der Waals surface area contributed by atoms with Crippen molar-refractivity contribution in [1.29, 1.82) is 0 Å². The molecule has 1 heterocycles. The summed E-state index contributed by atoms with van der Waals surface area (Å²) in [6, 6.07) is -0.557. The zero-order valence-corrected chi connectivity index (χ0v) is 17.3. The number of nitrogens with one attached hydrogen (secondary N) is 1. The van der Waals surface area contributed by atoms with Crippen LogP contribution in [0.4, 0.5) is 0 Å². The lowest BCUT2D eigenvalue weighted by molar-refractivity contribution is -0.144. The number of carbonyl (C=O) groups is 2. The first-order valence-electron chi connectivity index (χ1n) is 8.88. The fourth-order valence-electron chi connectivity index (χ4n) is 3.88. The van der Waals surface area contributed by atoms with Crippen LogP contribution in [0.2, 0.25) is 0 Å². The Morgan fingerprint density at radius 2 is 1.72 bits per heavy atom. The van der Waals surface area contributed by atoms with Gasteiger partial charge < -0.3 is 20.9 Å². The molecule has 0 unspecified atom stereocenters. The summed E-state index contributed by atoms with van der Waals surface area (Å²) in [6.07, 6.45) is 5.77. The molecule has 1 saturated carbocycles. The molecular weight excluding hydrogens is 363 g/mol. The lowest BCUT2D eigenvalue weighted by Gasteiger charge is -2.52. The van der Waals surface area contributed by atoms with Crippen LogP contribution in [0.5, 0.6) is 0 Å². The summed E-state index contributed by atoms with van der Waals surface area (Å²) in [5.41, 5.74) is 5.80. The molecule has 1 aliphatic carbocycles. The van der Waals surface area contributed by atoms with Gasteiger partial charge in [-0.3, -0.25) is 9.59 Å². The second-order valence-corrected chi connectivity index (χ2v) is 7.56. The van der Waals surface area contributed by atoms with Crippen molar-refractivity contribution in [2.75, 3.05) is 33.2 Å². The minimum Gasteiger partial charge on any atom is -0.346 e. The van der Waals surface area contributed by atoms with E-state index in [0.29, 0.717) is 0 Å². The highest BCUT2D eigenvalue weighted by atomic mass is 35.5. The molecule has 0 aromatic heterocycles. The molecule has 8 heteroatoms. The maximum Gasteiger partial charge on any atom is 0.242 e. The highest BCUT2D eigenvalue weighted by molar-refractivity contribution is 5.87. The van der Waals surface area contributed by atoms with Crippen LogP contribution < -0.4 is 11.1 Å². The Morgan fingerprint density at radius 3 is 2.28 bits per heavy atom. The number of nitrogens with zero attached hydrogens (tertiary/aromatic N) is 2. The molecule has 1 saturated heterocycles. The molecule has 2 rings (SSSR count). The van der Waals surface area contributed by atoms with E-state index in [4.69, 9.17) is 5.73 Å². The van der Waals surface area contributed by atoms with E-state index in [1.54, 1.807) is 0 Å². The Kier molecular flexibility index (Phi) is 10.3. The predicted octanol–water partition coefficient (Wildman–Crippen LogP) is 1.41. The molecule has 0 radical (unpaired) electrons. The molecular formula is C17H34Cl2N4O2. The predicted molar refractivity (Wildman–Crippen MR) is 105 cm³/mol. The molecule has 1 atom stereocenters. The van der Waals surface area contributed by atoms with E-state index in [0.717, 1.165) is 32.5 Å². The van der Waals surface area contributed by atoms with Crippen molar-refractivity contribution in [3.8, 4) is 0 Å². The summed E-state index contributed by atoms with van der Waals surface area (Å²) in [6.45, 7) is 6.46. The SMILES string of the molecule is CC(C)[C@H](N)C(=O)NCC(=O)N1CCN(C)CC12CCCCC2.Cl.Cl. The van der Waals surface area contributed by atoms with Crippen LogP contribution in [0.3, 0.4) is 0 Å². The number of rotatable bonds is 4. The van der Waals surface area contributed by atoms with E-state index in [2.05, 4.69) is 17.3 Å². The van der Waals surface area contributed by atoms with Crippen molar-refractivity contribution in [2.24, 2.45) is 11.7 Å². The quantitative estimate of drug-likeness (QED) is 0.752. The summed E-state index contributed by atoms with van der Waals surface area (Å²) in [7, 11) is 2.13. The summed E-state index contributed by atoms with van der Waals surface area (Å²) >= 11 is 0. The Bertz CT molecular complexity index is 442. The molecule has 0 bridgehead atoms. The zero-order valence-electron chi connectivity index (χ0n) is 15.6. The summed E-state index contributed by atoms with van der Waals surface area (Å²) < 4.78 is 0. The Hall–Kier alpha value is -0.560.